The summed E-state index contributed by atoms with van der Waals surface area (Å²) in [6.45, 7) is 10.8. The zero-order valence-corrected chi connectivity index (χ0v) is 26.2. The Morgan fingerprint density at radius 1 is 1.00 bits per heavy atom. The predicted octanol–water partition coefficient (Wildman–Crippen LogP) is 7.17. The molecule has 2 atom stereocenters. The first-order valence-electron chi connectivity index (χ1n) is 14.8. The first-order chi connectivity index (χ1) is 18.7. The molecule has 2 saturated heterocycles. The van der Waals surface area contributed by atoms with Crippen molar-refractivity contribution in [3.8, 4) is 6.07 Å². The van der Waals surface area contributed by atoms with Crippen LogP contribution in [0.4, 0.5) is 5.82 Å². The van der Waals surface area contributed by atoms with Crippen LogP contribution in [0.5, 0.6) is 0 Å². The van der Waals surface area contributed by atoms with Gasteiger partial charge in [0.15, 0.2) is 0 Å². The molecule has 0 aromatic carbocycles. The molecule has 1 aromatic heterocycles. The number of carbonyl (C=O) groups excluding carboxylic acids is 1. The maximum Gasteiger partial charge on any atom is 0.270 e. The highest BCUT2D eigenvalue weighted by atomic mass is 32.2. The lowest BCUT2D eigenvalue weighted by molar-refractivity contribution is -0.122. The smallest absolute Gasteiger partial charge is 0.270 e. The Labute approximate surface area is 244 Å². The van der Waals surface area contributed by atoms with Crippen LogP contribution in [0.25, 0.3) is 6.08 Å². The molecular weight excluding hydrogens is 525 g/mol. The lowest BCUT2D eigenvalue weighted by atomic mass is 9.91. The van der Waals surface area contributed by atoms with Gasteiger partial charge in [-0.2, -0.15) is 5.26 Å². The first kappa shape index (κ1) is 31.4. The predicted molar refractivity (Wildman–Crippen MR) is 168 cm³/mol. The van der Waals surface area contributed by atoms with Crippen molar-refractivity contribution >= 4 is 46.1 Å². The molecule has 0 aliphatic carbocycles. The van der Waals surface area contributed by atoms with E-state index in [-0.39, 0.29) is 17.0 Å². The molecule has 39 heavy (non-hydrogen) atoms. The molecule has 2 unspecified atom stereocenters. The Morgan fingerprint density at radius 3 is 2.13 bits per heavy atom. The van der Waals surface area contributed by atoms with Crippen LogP contribution in [0.3, 0.4) is 0 Å². The van der Waals surface area contributed by atoms with Crippen LogP contribution in [-0.2, 0) is 11.8 Å². The number of rotatable bonds is 13. The summed E-state index contributed by atoms with van der Waals surface area (Å²) in [7, 11) is 1.73. The third-order valence-corrected chi connectivity index (χ3v) is 9.40. The molecule has 3 heterocycles. The minimum Gasteiger partial charge on any atom is -0.357 e. The summed E-state index contributed by atoms with van der Waals surface area (Å²) >= 11 is 6.93. The van der Waals surface area contributed by atoms with E-state index in [2.05, 4.69) is 31.7 Å². The van der Waals surface area contributed by atoms with Crippen LogP contribution in [0.15, 0.2) is 9.70 Å². The van der Waals surface area contributed by atoms with Crippen molar-refractivity contribution in [1.29, 1.82) is 5.26 Å². The highest BCUT2D eigenvalue weighted by Gasteiger charge is 2.33. The van der Waals surface area contributed by atoms with E-state index in [1.54, 1.807) is 16.5 Å². The molecule has 1 amide bonds. The second-order valence-corrected chi connectivity index (χ2v) is 13.3. The number of unbranched alkanes of at least 4 members (excludes halogenated alkanes) is 9. The normalized spacial score (nSPS) is 20.8. The standard InChI is InChI=1S/C31H46N4O2S2/c1-6-7-8-9-10-11-12-13-14-15-16-35-30(37)27(39-31(35)38)18-25-24(4)26(19-32)29(36)33(5)28(25)34-20-22(2)17-23(3)21-34/h18,22-23H,6-17,20-21H2,1-5H3. The number of nitrogens with zero attached hydrogens (tertiary/aromatic N) is 4. The summed E-state index contributed by atoms with van der Waals surface area (Å²) in [5, 5.41) is 9.75. The lowest BCUT2D eigenvalue weighted by Crippen LogP contribution is -2.42. The van der Waals surface area contributed by atoms with E-state index in [0.29, 0.717) is 33.2 Å². The van der Waals surface area contributed by atoms with Crippen molar-refractivity contribution in [2.45, 2.75) is 98.3 Å². The van der Waals surface area contributed by atoms with Crippen LogP contribution in [0.1, 0.15) is 108 Å². The second-order valence-electron chi connectivity index (χ2n) is 11.6. The third-order valence-electron chi connectivity index (χ3n) is 8.02. The van der Waals surface area contributed by atoms with Gasteiger partial charge in [-0.25, -0.2) is 0 Å². The SMILES string of the molecule is CCCCCCCCCCCCN1C(=O)C(=Cc2c(C)c(C#N)c(=O)n(C)c2N2CC(C)CC(C)C2)SC1=S. The minimum atomic E-state index is -0.290. The van der Waals surface area contributed by atoms with Crippen molar-refractivity contribution in [3.05, 3.63) is 31.9 Å². The van der Waals surface area contributed by atoms with Crippen LogP contribution < -0.4 is 10.5 Å². The Balaban J connectivity index is 1.72. The molecule has 0 radical (unpaired) electrons. The van der Waals surface area contributed by atoms with Gasteiger partial charge in [-0.15, -0.1) is 0 Å². The monoisotopic (exact) mass is 570 g/mol. The quantitative estimate of drug-likeness (QED) is 0.142. The first-order valence-corrected chi connectivity index (χ1v) is 16.1. The van der Waals surface area contributed by atoms with Crippen LogP contribution in [-0.4, -0.2) is 39.3 Å². The number of thiocarbonyl (C=S) groups is 1. The number of pyridine rings is 1. The maximum absolute atomic E-state index is 13.4. The molecule has 0 bridgehead atoms. The fraction of sp³-hybridized carbons (Fsp3) is 0.677. The van der Waals surface area contributed by atoms with Crippen LogP contribution >= 0.6 is 24.0 Å². The van der Waals surface area contributed by atoms with E-state index >= 15 is 0 Å². The molecule has 0 spiro atoms. The number of nitriles is 1. The zero-order chi connectivity index (χ0) is 28.5. The summed E-state index contributed by atoms with van der Waals surface area (Å²) in [4.78, 5) is 31.0. The summed E-state index contributed by atoms with van der Waals surface area (Å²) in [6, 6.07) is 2.10. The molecule has 1 aromatic rings. The minimum absolute atomic E-state index is 0.0704. The van der Waals surface area contributed by atoms with E-state index in [1.165, 1.54) is 63.1 Å². The number of piperidine rings is 1. The van der Waals surface area contributed by atoms with Gasteiger partial charge in [-0.05, 0) is 43.2 Å². The van der Waals surface area contributed by atoms with Gasteiger partial charge in [-0.1, -0.05) is 103 Å². The topological polar surface area (TPSA) is 69.3 Å². The summed E-state index contributed by atoms with van der Waals surface area (Å²) in [5.41, 5.74) is 1.24. The van der Waals surface area contributed by atoms with E-state index < -0.39 is 0 Å². The van der Waals surface area contributed by atoms with E-state index in [0.717, 1.165) is 43.7 Å². The number of hydrogen-bond donors (Lipinski definition) is 0. The van der Waals surface area contributed by atoms with Crippen molar-refractivity contribution < 1.29 is 4.79 Å². The summed E-state index contributed by atoms with van der Waals surface area (Å²) in [6.07, 6.45) is 15.5. The molecule has 2 fully saturated rings. The molecule has 3 rings (SSSR count). The number of hydrogen-bond acceptors (Lipinski definition) is 6. The van der Waals surface area contributed by atoms with Crippen molar-refractivity contribution in [1.82, 2.24) is 9.47 Å². The highest BCUT2D eigenvalue weighted by Crippen LogP contribution is 2.37. The van der Waals surface area contributed by atoms with Gasteiger partial charge in [0.1, 0.15) is 21.8 Å². The molecular formula is C31H46N4O2S2. The van der Waals surface area contributed by atoms with Gasteiger partial charge < -0.3 is 4.90 Å². The molecule has 6 nitrogen and oxygen atoms in total. The lowest BCUT2D eigenvalue weighted by Gasteiger charge is -2.38. The third kappa shape index (κ3) is 7.98. The number of anilines is 1. The molecule has 2 aliphatic rings. The van der Waals surface area contributed by atoms with Gasteiger partial charge >= 0.3 is 0 Å². The van der Waals surface area contributed by atoms with E-state index in [9.17, 15) is 14.9 Å². The van der Waals surface area contributed by atoms with Gasteiger partial charge in [0, 0.05) is 32.2 Å². The van der Waals surface area contributed by atoms with Gasteiger partial charge in [0.25, 0.3) is 11.5 Å². The highest BCUT2D eigenvalue weighted by molar-refractivity contribution is 8.26. The molecule has 8 heteroatoms. The van der Waals surface area contributed by atoms with Crippen LogP contribution in [0, 0.1) is 30.1 Å². The van der Waals surface area contributed by atoms with Gasteiger partial charge in [-0.3, -0.25) is 19.1 Å². The summed E-state index contributed by atoms with van der Waals surface area (Å²) < 4.78 is 2.18. The molecule has 0 saturated carbocycles. The zero-order valence-electron chi connectivity index (χ0n) is 24.6. The average molecular weight is 571 g/mol. The Hall–Kier alpha value is -2.11. The van der Waals surface area contributed by atoms with Gasteiger partial charge in [0.2, 0.25) is 0 Å². The Kier molecular flexibility index (Phi) is 12.1. The summed E-state index contributed by atoms with van der Waals surface area (Å²) in [5.74, 6) is 1.70. The van der Waals surface area contributed by atoms with E-state index in [4.69, 9.17) is 12.2 Å². The molecule has 2 aliphatic heterocycles. The fourth-order valence-electron chi connectivity index (χ4n) is 6.01. The second kappa shape index (κ2) is 15.0. The van der Waals surface area contributed by atoms with Crippen molar-refractivity contribution in [3.63, 3.8) is 0 Å². The largest absolute Gasteiger partial charge is 0.357 e. The molecule has 0 N–H and O–H groups in total. The number of thioether (sulfide) groups is 1. The van der Waals surface area contributed by atoms with Crippen LogP contribution in [0.2, 0.25) is 0 Å². The fourth-order valence-corrected chi connectivity index (χ4v) is 7.30. The number of carbonyl (C=O) groups is 1. The molecule has 214 valence electrons. The number of amides is 1. The van der Waals surface area contributed by atoms with Crippen molar-refractivity contribution in [2.75, 3.05) is 24.5 Å². The Morgan fingerprint density at radius 2 is 1.56 bits per heavy atom. The Bertz CT molecular complexity index is 1160. The van der Waals surface area contributed by atoms with Gasteiger partial charge in [0.05, 0.1) is 4.91 Å². The average Bonchev–Trinajstić information content (AvgIpc) is 3.15. The number of aromatic nitrogens is 1. The maximum atomic E-state index is 13.4. The van der Waals surface area contributed by atoms with E-state index in [1.807, 2.05) is 13.0 Å². The van der Waals surface area contributed by atoms with Crippen molar-refractivity contribution in [2.24, 2.45) is 18.9 Å².